The second kappa shape index (κ2) is 11.0. The molecular formula is C25H32N6O. The molecule has 1 saturated heterocycles. The highest BCUT2D eigenvalue weighted by molar-refractivity contribution is 5.94. The van der Waals surface area contributed by atoms with Crippen LogP contribution in [0.4, 0.5) is 0 Å². The number of aryl methyl sites for hydroxylation is 2. The predicted molar refractivity (Wildman–Crippen MR) is 125 cm³/mol. The van der Waals surface area contributed by atoms with Crippen molar-refractivity contribution in [2.24, 2.45) is 0 Å². The van der Waals surface area contributed by atoms with Gasteiger partial charge in [-0.3, -0.25) is 4.79 Å². The van der Waals surface area contributed by atoms with Crippen molar-refractivity contribution in [1.29, 1.82) is 0 Å². The van der Waals surface area contributed by atoms with Crippen molar-refractivity contribution >= 4 is 5.91 Å². The van der Waals surface area contributed by atoms with Gasteiger partial charge in [-0.1, -0.05) is 54.4 Å². The van der Waals surface area contributed by atoms with Crippen LogP contribution >= 0.6 is 0 Å². The van der Waals surface area contributed by atoms with Crippen LogP contribution in [0.25, 0.3) is 11.4 Å². The average Bonchev–Trinajstić information content (AvgIpc) is 3.17. The monoisotopic (exact) mass is 432 g/mol. The van der Waals surface area contributed by atoms with Crippen LogP contribution < -0.4 is 0 Å². The molecule has 1 fully saturated rings. The maximum Gasteiger partial charge on any atom is 0.253 e. The largest absolute Gasteiger partial charge is 0.337 e. The van der Waals surface area contributed by atoms with Gasteiger partial charge in [0.2, 0.25) is 5.82 Å². The van der Waals surface area contributed by atoms with Gasteiger partial charge >= 0.3 is 0 Å². The number of benzene rings is 2. The molecule has 1 aliphatic heterocycles. The van der Waals surface area contributed by atoms with Gasteiger partial charge in [-0.05, 0) is 56.6 Å². The SMILES string of the molecule is Cc1cccc(C(=O)N2CCCN(CCCCCn3nnc(-c4ccccc4)n3)CC2)c1. The van der Waals surface area contributed by atoms with Gasteiger partial charge in [0.15, 0.2) is 0 Å². The number of hydrogen-bond donors (Lipinski definition) is 0. The summed E-state index contributed by atoms with van der Waals surface area (Å²) in [5.74, 6) is 0.839. The molecule has 0 unspecified atom stereocenters. The lowest BCUT2D eigenvalue weighted by atomic mass is 10.1. The third-order valence-electron chi connectivity index (χ3n) is 5.96. The van der Waals surface area contributed by atoms with Crippen LogP contribution in [0.15, 0.2) is 54.6 Å². The van der Waals surface area contributed by atoms with E-state index in [0.717, 1.165) is 81.6 Å². The molecule has 4 rings (SSSR count). The zero-order valence-corrected chi connectivity index (χ0v) is 18.9. The Labute approximate surface area is 190 Å². The summed E-state index contributed by atoms with van der Waals surface area (Å²) in [4.78, 5) is 19.0. The van der Waals surface area contributed by atoms with Gasteiger partial charge in [0.1, 0.15) is 0 Å². The molecule has 3 aromatic rings. The molecule has 1 amide bonds. The Morgan fingerprint density at radius 1 is 0.906 bits per heavy atom. The summed E-state index contributed by atoms with van der Waals surface area (Å²) in [6.07, 6.45) is 4.34. The molecular weight excluding hydrogens is 400 g/mol. The van der Waals surface area contributed by atoms with E-state index < -0.39 is 0 Å². The Morgan fingerprint density at radius 2 is 1.75 bits per heavy atom. The lowest BCUT2D eigenvalue weighted by molar-refractivity contribution is 0.0761. The first kappa shape index (κ1) is 22.1. The maximum absolute atomic E-state index is 12.8. The summed E-state index contributed by atoms with van der Waals surface area (Å²) >= 11 is 0. The topological polar surface area (TPSA) is 67.2 Å². The van der Waals surface area contributed by atoms with Gasteiger partial charge in [0.05, 0.1) is 6.54 Å². The third kappa shape index (κ3) is 6.01. The van der Waals surface area contributed by atoms with Crippen molar-refractivity contribution in [3.63, 3.8) is 0 Å². The minimum Gasteiger partial charge on any atom is -0.337 e. The molecule has 168 valence electrons. The molecule has 2 aromatic carbocycles. The Kier molecular flexibility index (Phi) is 7.61. The van der Waals surface area contributed by atoms with E-state index in [4.69, 9.17) is 0 Å². The van der Waals surface area contributed by atoms with E-state index in [2.05, 4.69) is 20.3 Å². The van der Waals surface area contributed by atoms with Gasteiger partial charge in [0, 0.05) is 30.8 Å². The number of hydrogen-bond acceptors (Lipinski definition) is 5. The summed E-state index contributed by atoms with van der Waals surface area (Å²) in [6, 6.07) is 17.8. The Hall–Kier alpha value is -3.06. The summed E-state index contributed by atoms with van der Waals surface area (Å²) in [5.41, 5.74) is 2.93. The summed E-state index contributed by atoms with van der Waals surface area (Å²) in [7, 11) is 0. The molecule has 0 aliphatic carbocycles. The normalized spacial score (nSPS) is 15.0. The fraction of sp³-hybridized carbons (Fsp3) is 0.440. The van der Waals surface area contributed by atoms with E-state index in [-0.39, 0.29) is 5.91 Å². The number of amides is 1. The summed E-state index contributed by atoms with van der Waals surface area (Å²) < 4.78 is 0. The van der Waals surface area contributed by atoms with E-state index in [0.29, 0.717) is 5.82 Å². The van der Waals surface area contributed by atoms with Gasteiger partial charge in [-0.25, -0.2) is 0 Å². The average molecular weight is 433 g/mol. The number of carbonyl (C=O) groups is 1. The quantitative estimate of drug-likeness (QED) is 0.508. The minimum atomic E-state index is 0.158. The lowest BCUT2D eigenvalue weighted by Gasteiger charge is -2.22. The van der Waals surface area contributed by atoms with Crippen molar-refractivity contribution in [3.8, 4) is 11.4 Å². The Morgan fingerprint density at radius 3 is 2.59 bits per heavy atom. The van der Waals surface area contributed by atoms with E-state index >= 15 is 0 Å². The molecule has 0 saturated carbocycles. The van der Waals surface area contributed by atoms with E-state index in [1.165, 1.54) is 0 Å². The molecule has 0 spiro atoms. The molecule has 0 N–H and O–H groups in total. The second-order valence-corrected chi connectivity index (χ2v) is 8.49. The third-order valence-corrected chi connectivity index (χ3v) is 5.96. The van der Waals surface area contributed by atoms with Crippen LogP contribution in [0.1, 0.15) is 41.6 Å². The zero-order valence-electron chi connectivity index (χ0n) is 18.9. The van der Waals surface area contributed by atoms with Crippen LogP contribution in [0.3, 0.4) is 0 Å². The molecule has 7 nitrogen and oxygen atoms in total. The van der Waals surface area contributed by atoms with Crippen molar-refractivity contribution < 1.29 is 4.79 Å². The lowest BCUT2D eigenvalue weighted by Crippen LogP contribution is -2.35. The van der Waals surface area contributed by atoms with Gasteiger partial charge < -0.3 is 9.80 Å². The first-order valence-corrected chi connectivity index (χ1v) is 11.6. The molecule has 0 radical (unpaired) electrons. The highest BCUT2D eigenvalue weighted by atomic mass is 16.2. The van der Waals surface area contributed by atoms with Crippen LogP contribution in [0.2, 0.25) is 0 Å². The van der Waals surface area contributed by atoms with Gasteiger partial charge in [0.25, 0.3) is 5.91 Å². The van der Waals surface area contributed by atoms with Crippen LogP contribution in [-0.4, -0.2) is 68.6 Å². The van der Waals surface area contributed by atoms with E-state index in [9.17, 15) is 4.79 Å². The van der Waals surface area contributed by atoms with E-state index in [1.54, 1.807) is 4.80 Å². The highest BCUT2D eigenvalue weighted by Crippen LogP contribution is 2.13. The van der Waals surface area contributed by atoms with Crippen molar-refractivity contribution in [2.75, 3.05) is 32.7 Å². The van der Waals surface area contributed by atoms with Crippen molar-refractivity contribution in [3.05, 3.63) is 65.7 Å². The minimum absolute atomic E-state index is 0.158. The maximum atomic E-state index is 12.8. The van der Waals surface area contributed by atoms with Gasteiger partial charge in [-0.15, -0.1) is 10.2 Å². The number of tetrazole rings is 1. The predicted octanol–water partition coefficient (Wildman–Crippen LogP) is 3.67. The fourth-order valence-corrected chi connectivity index (χ4v) is 4.16. The molecule has 0 bridgehead atoms. The molecule has 1 aliphatic rings. The van der Waals surface area contributed by atoms with Crippen LogP contribution in [-0.2, 0) is 6.54 Å². The zero-order chi connectivity index (χ0) is 22.2. The molecule has 1 aromatic heterocycles. The first-order chi connectivity index (χ1) is 15.7. The molecule has 2 heterocycles. The Balaban J connectivity index is 1.16. The molecule has 0 atom stereocenters. The van der Waals surface area contributed by atoms with E-state index in [1.807, 2.05) is 66.4 Å². The second-order valence-electron chi connectivity index (χ2n) is 8.49. The number of nitrogens with zero attached hydrogens (tertiary/aromatic N) is 6. The summed E-state index contributed by atoms with van der Waals surface area (Å²) in [5, 5.41) is 12.8. The van der Waals surface area contributed by atoms with Crippen LogP contribution in [0, 0.1) is 6.92 Å². The smallest absolute Gasteiger partial charge is 0.253 e. The number of aromatic nitrogens is 4. The number of unbranched alkanes of at least 4 members (excludes halogenated alkanes) is 2. The molecule has 32 heavy (non-hydrogen) atoms. The fourth-order valence-electron chi connectivity index (χ4n) is 4.16. The number of rotatable bonds is 8. The Bertz CT molecular complexity index is 1000. The first-order valence-electron chi connectivity index (χ1n) is 11.6. The van der Waals surface area contributed by atoms with Crippen molar-refractivity contribution in [2.45, 2.75) is 39.2 Å². The highest BCUT2D eigenvalue weighted by Gasteiger charge is 2.20. The van der Waals surface area contributed by atoms with Crippen LogP contribution in [0.5, 0.6) is 0 Å². The standard InChI is InChI=1S/C25H32N6O/c1-21-10-8-13-23(20-21)25(32)30-16-9-15-29(18-19-30)14-6-3-7-17-31-27-24(26-28-31)22-11-4-2-5-12-22/h2,4-5,8,10-13,20H,3,6-7,9,14-19H2,1H3. The van der Waals surface area contributed by atoms with Gasteiger partial charge in [-0.2, -0.15) is 4.80 Å². The summed E-state index contributed by atoms with van der Waals surface area (Å²) in [6.45, 7) is 7.54. The number of carbonyl (C=O) groups excluding carboxylic acids is 1. The molecule has 7 heteroatoms. The van der Waals surface area contributed by atoms with Crippen molar-refractivity contribution in [1.82, 2.24) is 30.0 Å².